The van der Waals surface area contributed by atoms with Gasteiger partial charge in [0.2, 0.25) is 0 Å². The topological polar surface area (TPSA) is 32.3 Å². The number of thioether (sulfide) groups is 1. The molecule has 0 heterocycles. The van der Waals surface area contributed by atoms with Gasteiger partial charge >= 0.3 is 0 Å². The smallest absolute Gasteiger partial charge is 0.186 e. The third kappa shape index (κ3) is 3.20. The van der Waals surface area contributed by atoms with E-state index in [0.717, 1.165) is 21.1 Å². The van der Waals surface area contributed by atoms with Gasteiger partial charge in [-0.25, -0.2) is 0 Å². The molecule has 0 bridgehead atoms. The van der Waals surface area contributed by atoms with Gasteiger partial charge in [-0.1, -0.05) is 30.0 Å². The molecule has 0 aliphatic carbocycles. The average Bonchev–Trinajstić information content (AvgIpc) is 2.25. The minimum absolute atomic E-state index is 0.847. The first-order valence-electron chi connectivity index (χ1n) is 4.83. The van der Waals surface area contributed by atoms with Crippen molar-refractivity contribution in [2.45, 2.75) is 6.92 Å². The molecule has 0 amide bonds. The number of aryl methyl sites for hydroxylation is 1. The highest BCUT2D eigenvalue weighted by Crippen LogP contribution is 2.29. The summed E-state index contributed by atoms with van der Waals surface area (Å²) < 4.78 is 17.6. The Kier molecular flexibility index (Phi) is 5.25. The number of benzene rings is 1. The molecule has 0 radical (unpaired) electrons. The zero-order valence-electron chi connectivity index (χ0n) is 9.94. The van der Waals surface area contributed by atoms with Gasteiger partial charge in [0.05, 0.1) is 7.11 Å². The molecule has 1 unspecified atom stereocenters. The summed E-state index contributed by atoms with van der Waals surface area (Å²) in [6.45, 7) is 2.00. The fourth-order valence-electron chi connectivity index (χ4n) is 1.45. The van der Waals surface area contributed by atoms with Gasteiger partial charge in [-0.05, 0) is 29.9 Å². The van der Waals surface area contributed by atoms with E-state index in [-0.39, 0.29) is 0 Å². The van der Waals surface area contributed by atoms with Crippen molar-refractivity contribution in [1.82, 2.24) is 0 Å². The number of hydrogen-bond acceptors (Lipinski definition) is 3. The first kappa shape index (κ1) is 13.5. The van der Waals surface area contributed by atoms with E-state index in [1.165, 1.54) is 11.8 Å². The number of para-hydroxylation sites is 1. The molecule has 88 valence electrons. The van der Waals surface area contributed by atoms with Crippen molar-refractivity contribution in [3.05, 3.63) is 33.6 Å². The number of ether oxygens (including phenoxy) is 1. The normalized spacial score (nSPS) is 13.7. The van der Waals surface area contributed by atoms with Gasteiger partial charge in [-0.15, -0.1) is 0 Å². The van der Waals surface area contributed by atoms with Crippen molar-refractivity contribution in [3.8, 4) is 5.75 Å². The Hall–Kier alpha value is -0.580. The third-order valence-electron chi connectivity index (χ3n) is 2.20. The molecule has 2 nitrogen and oxygen atoms in total. The van der Waals surface area contributed by atoms with E-state index >= 15 is 0 Å². The number of hydrogen-bond donors (Lipinski definition) is 0. The Morgan fingerprint density at radius 1 is 1.50 bits per heavy atom. The Bertz CT molecular complexity index is 387. The van der Waals surface area contributed by atoms with E-state index in [0.29, 0.717) is 0 Å². The number of methoxy groups -OCH3 is 1. The summed E-state index contributed by atoms with van der Waals surface area (Å²) in [5.41, 5.74) is 2.06. The predicted molar refractivity (Wildman–Crippen MR) is 73.3 cm³/mol. The molecule has 1 aromatic carbocycles. The van der Waals surface area contributed by atoms with Crippen LogP contribution in [-0.2, 0) is 11.2 Å². The van der Waals surface area contributed by atoms with E-state index in [9.17, 15) is 4.55 Å². The maximum atomic E-state index is 11.4. The van der Waals surface area contributed by atoms with Crippen LogP contribution in [0.2, 0.25) is 0 Å². The molecule has 1 atom stereocenters. The van der Waals surface area contributed by atoms with Crippen LogP contribution in [0.1, 0.15) is 11.1 Å². The standard InChI is InChI=1S/C12H16O2S2/c1-9-6-5-7-10(12(9)14-2)8-11(15-3)16(4)13/h5-8H,1-4H3/b11-8-. The van der Waals surface area contributed by atoms with Crippen molar-refractivity contribution in [2.75, 3.05) is 19.6 Å². The maximum Gasteiger partial charge on any atom is 0.186 e. The fraction of sp³-hybridized carbons (Fsp3) is 0.333. The molecule has 0 aromatic heterocycles. The lowest BCUT2D eigenvalue weighted by Gasteiger charge is -2.10. The monoisotopic (exact) mass is 256 g/mol. The van der Waals surface area contributed by atoms with Crippen molar-refractivity contribution in [1.29, 1.82) is 0 Å². The second-order valence-corrected chi connectivity index (χ2v) is 5.77. The molecule has 0 N–H and O–H groups in total. The molecule has 0 saturated heterocycles. The Balaban J connectivity index is 3.18. The van der Waals surface area contributed by atoms with Crippen LogP contribution in [0, 0.1) is 6.92 Å². The third-order valence-corrected chi connectivity index (χ3v) is 4.61. The van der Waals surface area contributed by atoms with Crippen molar-refractivity contribution in [2.24, 2.45) is 0 Å². The maximum absolute atomic E-state index is 11.4. The molecule has 0 fully saturated rings. The highest BCUT2D eigenvalue weighted by Gasteiger charge is 2.10. The van der Waals surface area contributed by atoms with Crippen LogP contribution < -0.4 is 4.74 Å². The molecule has 16 heavy (non-hydrogen) atoms. The largest absolute Gasteiger partial charge is 0.611 e. The minimum atomic E-state index is -0.952. The van der Waals surface area contributed by atoms with Crippen LogP contribution >= 0.6 is 11.8 Å². The SMILES string of the molecule is COc1c(C)cccc1/C=C(/SC)[S+](C)[O-]. The van der Waals surface area contributed by atoms with Crippen molar-refractivity contribution in [3.63, 3.8) is 0 Å². The summed E-state index contributed by atoms with van der Waals surface area (Å²) >= 11 is 0.551. The second kappa shape index (κ2) is 6.23. The van der Waals surface area contributed by atoms with Crippen LogP contribution in [0.15, 0.2) is 22.4 Å². The predicted octanol–water partition coefficient (Wildman–Crippen LogP) is 3.04. The fourth-order valence-corrected chi connectivity index (χ4v) is 2.93. The molecular weight excluding hydrogens is 240 g/mol. The van der Waals surface area contributed by atoms with Gasteiger partial charge in [0.15, 0.2) is 4.24 Å². The number of rotatable bonds is 4. The molecule has 0 saturated carbocycles. The molecule has 0 aliphatic rings. The van der Waals surface area contributed by atoms with Gasteiger partial charge < -0.3 is 9.29 Å². The summed E-state index contributed by atoms with van der Waals surface area (Å²) in [4.78, 5) is 0. The summed E-state index contributed by atoms with van der Waals surface area (Å²) in [5.74, 6) is 0.847. The van der Waals surface area contributed by atoms with Gasteiger partial charge in [0.1, 0.15) is 12.0 Å². The van der Waals surface area contributed by atoms with E-state index in [1.54, 1.807) is 13.4 Å². The summed E-state index contributed by atoms with van der Waals surface area (Å²) in [6.07, 6.45) is 5.53. The first-order chi connectivity index (χ1) is 7.60. The van der Waals surface area contributed by atoms with Crippen LogP contribution in [0.25, 0.3) is 6.08 Å². The summed E-state index contributed by atoms with van der Waals surface area (Å²) in [5, 5.41) is 0. The lowest BCUT2D eigenvalue weighted by molar-refractivity contribution is 0.411. The van der Waals surface area contributed by atoms with Crippen molar-refractivity contribution >= 4 is 29.0 Å². The summed E-state index contributed by atoms with van der Waals surface area (Å²) in [7, 11) is 1.65. The molecular formula is C12H16O2S2. The van der Waals surface area contributed by atoms with Crippen LogP contribution in [0.3, 0.4) is 0 Å². The summed E-state index contributed by atoms with van der Waals surface area (Å²) in [6, 6.07) is 5.94. The van der Waals surface area contributed by atoms with Gasteiger partial charge in [-0.2, -0.15) is 0 Å². The Morgan fingerprint density at radius 3 is 2.69 bits per heavy atom. The van der Waals surface area contributed by atoms with E-state index in [1.807, 2.05) is 37.5 Å². The highest BCUT2D eigenvalue weighted by atomic mass is 32.3. The highest BCUT2D eigenvalue weighted by molar-refractivity contribution is 8.18. The van der Waals surface area contributed by atoms with Crippen LogP contribution in [-0.4, -0.2) is 24.2 Å². The van der Waals surface area contributed by atoms with Crippen molar-refractivity contribution < 1.29 is 9.29 Å². The average molecular weight is 256 g/mol. The van der Waals surface area contributed by atoms with Gasteiger partial charge in [0.25, 0.3) is 0 Å². The molecule has 0 aliphatic heterocycles. The van der Waals surface area contributed by atoms with Crippen LogP contribution in [0.5, 0.6) is 5.75 Å². The first-order valence-corrected chi connectivity index (χ1v) is 7.61. The van der Waals surface area contributed by atoms with Gasteiger partial charge in [0, 0.05) is 11.6 Å². The zero-order chi connectivity index (χ0) is 12.1. The van der Waals surface area contributed by atoms with Gasteiger partial charge in [-0.3, -0.25) is 0 Å². The molecule has 1 rings (SSSR count). The second-order valence-electron chi connectivity index (χ2n) is 3.32. The lowest BCUT2D eigenvalue weighted by atomic mass is 10.1. The zero-order valence-corrected chi connectivity index (χ0v) is 11.6. The Morgan fingerprint density at radius 2 is 2.19 bits per heavy atom. The molecule has 4 heteroatoms. The van der Waals surface area contributed by atoms with E-state index in [2.05, 4.69) is 0 Å². The quantitative estimate of drug-likeness (QED) is 0.776. The van der Waals surface area contributed by atoms with E-state index in [4.69, 9.17) is 4.74 Å². The Labute approximate surface area is 104 Å². The minimum Gasteiger partial charge on any atom is -0.611 e. The molecule has 1 aromatic rings. The lowest BCUT2D eigenvalue weighted by Crippen LogP contribution is -1.98. The van der Waals surface area contributed by atoms with Crippen LogP contribution in [0.4, 0.5) is 0 Å². The van der Waals surface area contributed by atoms with E-state index < -0.39 is 11.2 Å². The molecule has 0 spiro atoms.